The SMILES string of the molecule is NC(=O)OCCNC(=O)C1C2CCC(C2)C1N. The van der Waals surface area contributed by atoms with E-state index in [4.69, 9.17) is 11.5 Å². The van der Waals surface area contributed by atoms with Crippen molar-refractivity contribution in [3.05, 3.63) is 0 Å². The normalized spacial score (nSPS) is 34.6. The van der Waals surface area contributed by atoms with Gasteiger partial charge in [-0.05, 0) is 31.1 Å². The number of amides is 2. The summed E-state index contributed by atoms with van der Waals surface area (Å²) in [5, 5.41) is 2.74. The largest absolute Gasteiger partial charge is 0.448 e. The molecule has 2 amide bonds. The first kappa shape index (κ1) is 12.2. The highest BCUT2D eigenvalue weighted by Crippen LogP contribution is 2.47. The summed E-state index contributed by atoms with van der Waals surface area (Å²) in [7, 11) is 0. The fourth-order valence-corrected chi connectivity index (χ4v) is 3.17. The molecule has 5 N–H and O–H groups in total. The number of fused-ring (bicyclic) bond motifs is 2. The van der Waals surface area contributed by atoms with Gasteiger partial charge in [-0.3, -0.25) is 4.79 Å². The molecule has 0 aromatic carbocycles. The Morgan fingerprint density at radius 3 is 2.59 bits per heavy atom. The molecule has 2 aliphatic rings. The second kappa shape index (κ2) is 4.91. The van der Waals surface area contributed by atoms with E-state index in [1.54, 1.807) is 0 Å². The molecule has 0 aromatic rings. The van der Waals surface area contributed by atoms with Crippen LogP contribution >= 0.6 is 0 Å². The minimum atomic E-state index is -0.823. The van der Waals surface area contributed by atoms with Crippen LogP contribution in [0.5, 0.6) is 0 Å². The number of nitrogens with one attached hydrogen (secondary N) is 1. The highest BCUT2D eigenvalue weighted by molar-refractivity contribution is 5.80. The minimum absolute atomic E-state index is 0.00851. The van der Waals surface area contributed by atoms with Crippen molar-refractivity contribution in [2.24, 2.45) is 29.2 Å². The van der Waals surface area contributed by atoms with Crippen LogP contribution in [0.15, 0.2) is 0 Å². The topological polar surface area (TPSA) is 107 Å². The lowest BCUT2D eigenvalue weighted by Crippen LogP contribution is -2.46. The van der Waals surface area contributed by atoms with Gasteiger partial charge >= 0.3 is 6.09 Å². The molecule has 96 valence electrons. The zero-order valence-electron chi connectivity index (χ0n) is 9.72. The van der Waals surface area contributed by atoms with Crippen LogP contribution in [0.3, 0.4) is 0 Å². The van der Waals surface area contributed by atoms with E-state index in [0.29, 0.717) is 18.4 Å². The molecule has 2 fully saturated rings. The lowest BCUT2D eigenvalue weighted by atomic mass is 9.84. The van der Waals surface area contributed by atoms with Crippen molar-refractivity contribution in [1.82, 2.24) is 5.32 Å². The quantitative estimate of drug-likeness (QED) is 0.580. The average Bonchev–Trinajstić information content (AvgIpc) is 2.84. The van der Waals surface area contributed by atoms with Crippen LogP contribution in [0.2, 0.25) is 0 Å². The molecule has 4 unspecified atom stereocenters. The first-order chi connectivity index (χ1) is 8.09. The molecular weight excluding hydrogens is 222 g/mol. The van der Waals surface area contributed by atoms with Gasteiger partial charge in [0.05, 0.1) is 12.5 Å². The third-order valence-electron chi connectivity index (χ3n) is 3.93. The van der Waals surface area contributed by atoms with Crippen molar-refractivity contribution in [1.29, 1.82) is 0 Å². The Labute approximate surface area is 100 Å². The number of rotatable bonds is 4. The van der Waals surface area contributed by atoms with Crippen molar-refractivity contribution in [3.63, 3.8) is 0 Å². The third kappa shape index (κ3) is 2.52. The molecule has 0 spiro atoms. The number of ether oxygens (including phenoxy) is 1. The summed E-state index contributed by atoms with van der Waals surface area (Å²) < 4.78 is 4.54. The van der Waals surface area contributed by atoms with Gasteiger partial charge < -0.3 is 21.5 Å². The van der Waals surface area contributed by atoms with Crippen LogP contribution in [0.25, 0.3) is 0 Å². The van der Waals surface area contributed by atoms with Gasteiger partial charge in [-0.25, -0.2) is 4.79 Å². The number of carbonyl (C=O) groups excluding carboxylic acids is 2. The van der Waals surface area contributed by atoms with Gasteiger partial charge in [0.25, 0.3) is 0 Å². The maximum absolute atomic E-state index is 11.9. The maximum Gasteiger partial charge on any atom is 0.404 e. The van der Waals surface area contributed by atoms with Crippen molar-refractivity contribution >= 4 is 12.0 Å². The zero-order valence-corrected chi connectivity index (χ0v) is 9.72. The summed E-state index contributed by atoms with van der Waals surface area (Å²) in [6.07, 6.45) is 2.52. The standard InChI is InChI=1S/C11H19N3O3/c12-9-7-2-1-6(5-7)8(9)10(15)14-3-4-17-11(13)16/h6-9H,1-5,12H2,(H2,13,16)(H,14,15). The van der Waals surface area contributed by atoms with Gasteiger partial charge in [-0.2, -0.15) is 0 Å². The van der Waals surface area contributed by atoms with E-state index in [0.717, 1.165) is 19.3 Å². The van der Waals surface area contributed by atoms with E-state index >= 15 is 0 Å². The van der Waals surface area contributed by atoms with Gasteiger partial charge in [-0.1, -0.05) is 0 Å². The second-order valence-electron chi connectivity index (χ2n) is 4.89. The monoisotopic (exact) mass is 241 g/mol. The first-order valence-electron chi connectivity index (χ1n) is 6.05. The number of hydrogen-bond donors (Lipinski definition) is 3. The summed E-state index contributed by atoms with van der Waals surface area (Å²) >= 11 is 0. The highest BCUT2D eigenvalue weighted by atomic mass is 16.5. The van der Waals surface area contributed by atoms with E-state index < -0.39 is 6.09 Å². The van der Waals surface area contributed by atoms with E-state index in [1.807, 2.05) is 0 Å². The Hall–Kier alpha value is -1.30. The van der Waals surface area contributed by atoms with Crippen molar-refractivity contribution in [2.75, 3.05) is 13.2 Å². The zero-order chi connectivity index (χ0) is 12.4. The number of nitrogens with two attached hydrogens (primary N) is 2. The highest BCUT2D eigenvalue weighted by Gasteiger charge is 2.48. The number of primary amides is 1. The fourth-order valence-electron chi connectivity index (χ4n) is 3.17. The molecule has 0 aromatic heterocycles. The molecule has 2 rings (SSSR count). The third-order valence-corrected chi connectivity index (χ3v) is 3.93. The molecule has 2 aliphatic carbocycles. The van der Waals surface area contributed by atoms with E-state index in [1.165, 1.54) is 0 Å². The molecule has 6 heteroatoms. The Bertz CT molecular complexity index is 319. The smallest absolute Gasteiger partial charge is 0.404 e. The lowest BCUT2D eigenvalue weighted by molar-refractivity contribution is -0.127. The van der Waals surface area contributed by atoms with E-state index in [-0.39, 0.29) is 24.5 Å². The Morgan fingerprint density at radius 1 is 1.29 bits per heavy atom. The van der Waals surface area contributed by atoms with Crippen LogP contribution < -0.4 is 16.8 Å². The van der Waals surface area contributed by atoms with Crippen molar-refractivity contribution in [3.8, 4) is 0 Å². The summed E-state index contributed by atoms with van der Waals surface area (Å²) in [5.41, 5.74) is 10.9. The number of hydrogen-bond acceptors (Lipinski definition) is 4. The van der Waals surface area contributed by atoms with E-state index in [9.17, 15) is 9.59 Å². The Morgan fingerprint density at radius 2 is 2.00 bits per heavy atom. The first-order valence-corrected chi connectivity index (χ1v) is 6.05. The van der Waals surface area contributed by atoms with Crippen LogP contribution in [0.4, 0.5) is 4.79 Å². The molecular formula is C11H19N3O3. The Kier molecular flexibility index (Phi) is 3.51. The number of carbonyl (C=O) groups is 2. The van der Waals surface area contributed by atoms with Gasteiger partial charge in [-0.15, -0.1) is 0 Å². The minimum Gasteiger partial charge on any atom is -0.448 e. The maximum atomic E-state index is 11.9. The second-order valence-corrected chi connectivity index (χ2v) is 4.89. The Balaban J connectivity index is 1.75. The summed E-state index contributed by atoms with van der Waals surface area (Å²) in [6.45, 7) is 0.402. The van der Waals surface area contributed by atoms with Crippen LogP contribution in [0, 0.1) is 17.8 Å². The fraction of sp³-hybridized carbons (Fsp3) is 0.818. The van der Waals surface area contributed by atoms with Crippen LogP contribution in [0.1, 0.15) is 19.3 Å². The van der Waals surface area contributed by atoms with Crippen LogP contribution in [-0.4, -0.2) is 31.2 Å². The molecule has 2 saturated carbocycles. The van der Waals surface area contributed by atoms with Crippen molar-refractivity contribution in [2.45, 2.75) is 25.3 Å². The van der Waals surface area contributed by atoms with Gasteiger partial charge in [0, 0.05) is 6.04 Å². The molecule has 0 radical (unpaired) electrons. The molecule has 0 saturated heterocycles. The molecule has 4 atom stereocenters. The summed E-state index contributed by atoms with van der Waals surface area (Å²) in [4.78, 5) is 22.3. The molecule has 0 heterocycles. The predicted octanol–water partition coefficient (Wildman–Crippen LogP) is -0.429. The van der Waals surface area contributed by atoms with Crippen molar-refractivity contribution < 1.29 is 14.3 Å². The molecule has 17 heavy (non-hydrogen) atoms. The van der Waals surface area contributed by atoms with E-state index in [2.05, 4.69) is 10.1 Å². The molecule has 6 nitrogen and oxygen atoms in total. The summed E-state index contributed by atoms with van der Waals surface area (Å²) in [6, 6.07) is -0.00851. The van der Waals surface area contributed by atoms with Crippen LogP contribution in [-0.2, 0) is 9.53 Å². The van der Waals surface area contributed by atoms with Gasteiger partial charge in [0.15, 0.2) is 0 Å². The van der Waals surface area contributed by atoms with Gasteiger partial charge in [0.2, 0.25) is 5.91 Å². The lowest BCUT2D eigenvalue weighted by Gasteiger charge is -2.26. The molecule has 2 bridgehead atoms. The van der Waals surface area contributed by atoms with Gasteiger partial charge in [0.1, 0.15) is 6.61 Å². The molecule has 0 aliphatic heterocycles. The summed E-state index contributed by atoms with van der Waals surface area (Å²) in [5.74, 6) is 0.866. The predicted molar refractivity (Wildman–Crippen MR) is 60.8 cm³/mol. The average molecular weight is 241 g/mol.